The Kier molecular flexibility index (Phi) is 3.97. The molecule has 0 aliphatic heterocycles. The average Bonchev–Trinajstić information content (AvgIpc) is 2.78. The van der Waals surface area contributed by atoms with Crippen molar-refractivity contribution in [1.29, 1.82) is 0 Å². The molecule has 0 radical (unpaired) electrons. The number of aryl methyl sites for hydroxylation is 1. The van der Waals surface area contributed by atoms with Crippen LogP contribution in [-0.4, -0.2) is 6.04 Å². The molecule has 3 nitrogen and oxygen atoms in total. The highest BCUT2D eigenvalue weighted by atomic mass is 79.9. The summed E-state index contributed by atoms with van der Waals surface area (Å²) in [6.07, 6.45) is 2.55. The zero-order valence-corrected chi connectivity index (χ0v) is 12.1. The van der Waals surface area contributed by atoms with Crippen molar-refractivity contribution in [3.8, 4) is 0 Å². The van der Waals surface area contributed by atoms with Crippen LogP contribution in [0.3, 0.4) is 0 Å². The summed E-state index contributed by atoms with van der Waals surface area (Å²) < 4.78 is 6.33. The van der Waals surface area contributed by atoms with Crippen LogP contribution in [0.2, 0.25) is 0 Å². The summed E-state index contributed by atoms with van der Waals surface area (Å²) in [7, 11) is 0. The zero-order chi connectivity index (χ0) is 13.1. The second-order valence-electron chi connectivity index (χ2n) is 4.52. The molecule has 1 aromatic carbocycles. The molecule has 2 rings (SSSR count). The van der Waals surface area contributed by atoms with Crippen molar-refractivity contribution < 1.29 is 4.42 Å². The van der Waals surface area contributed by atoms with Crippen LogP contribution in [0.25, 0.3) is 0 Å². The fourth-order valence-corrected chi connectivity index (χ4v) is 2.33. The number of nitrogens with one attached hydrogen (secondary N) is 1. The van der Waals surface area contributed by atoms with Crippen molar-refractivity contribution in [3.05, 3.63) is 46.3 Å². The summed E-state index contributed by atoms with van der Waals surface area (Å²) in [5, 5.41) is 3.45. The van der Waals surface area contributed by atoms with Crippen LogP contribution in [0.15, 0.2) is 39.4 Å². The number of nitrogen functional groups attached to an aromatic ring is 1. The summed E-state index contributed by atoms with van der Waals surface area (Å²) in [5.41, 5.74) is 8.79. The lowest BCUT2D eigenvalue weighted by molar-refractivity contribution is 0.498. The van der Waals surface area contributed by atoms with Crippen molar-refractivity contribution >= 4 is 27.3 Å². The smallest absolute Gasteiger partial charge is 0.105 e. The van der Waals surface area contributed by atoms with E-state index < -0.39 is 0 Å². The van der Waals surface area contributed by atoms with Gasteiger partial charge in [0.2, 0.25) is 0 Å². The fourth-order valence-electron chi connectivity index (χ4n) is 1.85. The maximum atomic E-state index is 5.86. The van der Waals surface area contributed by atoms with Gasteiger partial charge >= 0.3 is 0 Å². The summed E-state index contributed by atoms with van der Waals surface area (Å²) in [6.45, 7) is 4.13. The third-order valence-corrected chi connectivity index (χ3v) is 3.50. The fraction of sp³-hybridized carbons (Fsp3) is 0.286. The van der Waals surface area contributed by atoms with Crippen LogP contribution in [0, 0.1) is 6.92 Å². The van der Waals surface area contributed by atoms with Gasteiger partial charge in [0, 0.05) is 28.3 Å². The Bertz CT molecular complexity index is 523. The van der Waals surface area contributed by atoms with E-state index in [2.05, 4.69) is 34.2 Å². The largest absolute Gasteiger partial charge is 0.469 e. The topological polar surface area (TPSA) is 51.2 Å². The minimum Gasteiger partial charge on any atom is -0.469 e. The number of hydrogen-bond donors (Lipinski definition) is 2. The molecule has 18 heavy (non-hydrogen) atoms. The molecule has 1 heterocycles. The lowest BCUT2D eigenvalue weighted by atomic mass is 10.1. The average molecular weight is 309 g/mol. The van der Waals surface area contributed by atoms with E-state index in [0.29, 0.717) is 0 Å². The lowest BCUT2D eigenvalue weighted by Crippen LogP contribution is -2.18. The Morgan fingerprint density at radius 2 is 2.22 bits per heavy atom. The first-order chi connectivity index (χ1) is 8.56. The van der Waals surface area contributed by atoms with Crippen molar-refractivity contribution in [2.24, 2.45) is 0 Å². The van der Waals surface area contributed by atoms with Crippen LogP contribution in [0.1, 0.15) is 18.2 Å². The predicted molar refractivity (Wildman–Crippen MR) is 78.8 cm³/mol. The van der Waals surface area contributed by atoms with Gasteiger partial charge in [-0.1, -0.05) is 0 Å². The normalized spacial score (nSPS) is 12.4. The Hall–Kier alpha value is -1.42. The van der Waals surface area contributed by atoms with Gasteiger partial charge in [0.1, 0.15) is 5.76 Å². The molecule has 1 unspecified atom stereocenters. The van der Waals surface area contributed by atoms with Crippen molar-refractivity contribution in [2.45, 2.75) is 26.3 Å². The van der Waals surface area contributed by atoms with E-state index in [1.807, 2.05) is 25.1 Å². The Morgan fingerprint density at radius 3 is 2.89 bits per heavy atom. The van der Waals surface area contributed by atoms with Crippen LogP contribution in [-0.2, 0) is 6.42 Å². The van der Waals surface area contributed by atoms with Crippen molar-refractivity contribution in [2.75, 3.05) is 11.1 Å². The van der Waals surface area contributed by atoms with Gasteiger partial charge in [0.05, 0.1) is 6.26 Å². The second kappa shape index (κ2) is 5.48. The SMILES string of the molecule is Cc1cc(NC(C)Cc2ccco2)c(Br)cc1N. The van der Waals surface area contributed by atoms with Gasteiger partial charge in [-0.3, -0.25) is 0 Å². The van der Waals surface area contributed by atoms with Crippen molar-refractivity contribution in [3.63, 3.8) is 0 Å². The highest BCUT2D eigenvalue weighted by Crippen LogP contribution is 2.28. The van der Waals surface area contributed by atoms with Gasteiger partial charge in [-0.05, 0) is 59.6 Å². The monoisotopic (exact) mass is 308 g/mol. The van der Waals surface area contributed by atoms with E-state index in [9.17, 15) is 0 Å². The number of furan rings is 1. The van der Waals surface area contributed by atoms with E-state index in [4.69, 9.17) is 10.2 Å². The number of rotatable bonds is 4. The third-order valence-electron chi connectivity index (χ3n) is 2.85. The Labute approximate surface area is 115 Å². The first kappa shape index (κ1) is 13.0. The third kappa shape index (κ3) is 3.07. The molecule has 96 valence electrons. The second-order valence-corrected chi connectivity index (χ2v) is 5.37. The van der Waals surface area contributed by atoms with Gasteiger partial charge in [-0.15, -0.1) is 0 Å². The molecule has 0 saturated heterocycles. The molecule has 1 aromatic heterocycles. The highest BCUT2D eigenvalue weighted by Gasteiger charge is 2.09. The lowest BCUT2D eigenvalue weighted by Gasteiger charge is -2.16. The molecule has 4 heteroatoms. The van der Waals surface area contributed by atoms with E-state index in [1.165, 1.54) is 0 Å². The number of anilines is 2. The summed E-state index contributed by atoms with van der Waals surface area (Å²) >= 11 is 3.52. The quantitative estimate of drug-likeness (QED) is 0.840. The Balaban J connectivity index is 2.07. The maximum absolute atomic E-state index is 5.86. The highest BCUT2D eigenvalue weighted by molar-refractivity contribution is 9.10. The molecule has 0 amide bonds. The molecule has 2 aromatic rings. The van der Waals surface area contributed by atoms with Crippen LogP contribution in [0.5, 0.6) is 0 Å². The number of halogens is 1. The predicted octanol–water partition coefficient (Wildman–Crippen LogP) is 3.98. The summed E-state index contributed by atoms with van der Waals surface area (Å²) in [5.74, 6) is 0.985. The van der Waals surface area contributed by atoms with Crippen LogP contribution in [0.4, 0.5) is 11.4 Å². The maximum Gasteiger partial charge on any atom is 0.105 e. The van der Waals surface area contributed by atoms with Gasteiger partial charge in [0.15, 0.2) is 0 Å². The molecule has 0 saturated carbocycles. The molecule has 0 aliphatic rings. The zero-order valence-electron chi connectivity index (χ0n) is 10.5. The molecule has 0 aliphatic carbocycles. The first-order valence-electron chi connectivity index (χ1n) is 5.91. The standard InChI is InChI=1S/C14H17BrN2O/c1-9-6-14(12(15)8-13(9)16)17-10(2)7-11-4-3-5-18-11/h3-6,8,10,17H,7,16H2,1-2H3. The molecular formula is C14H17BrN2O. The van der Waals surface area contributed by atoms with Gasteiger partial charge < -0.3 is 15.5 Å². The van der Waals surface area contributed by atoms with Gasteiger partial charge in [0.25, 0.3) is 0 Å². The molecule has 0 fully saturated rings. The minimum absolute atomic E-state index is 0.287. The van der Waals surface area contributed by atoms with E-state index >= 15 is 0 Å². The summed E-state index contributed by atoms with van der Waals surface area (Å²) in [6, 6.07) is 8.16. The molecule has 0 bridgehead atoms. The van der Waals surface area contributed by atoms with Crippen LogP contribution >= 0.6 is 15.9 Å². The van der Waals surface area contributed by atoms with Crippen molar-refractivity contribution in [1.82, 2.24) is 0 Å². The van der Waals surface area contributed by atoms with Gasteiger partial charge in [-0.25, -0.2) is 0 Å². The van der Waals surface area contributed by atoms with Gasteiger partial charge in [-0.2, -0.15) is 0 Å². The van der Waals surface area contributed by atoms with E-state index in [1.54, 1.807) is 6.26 Å². The molecule has 0 spiro atoms. The molecular weight excluding hydrogens is 292 g/mol. The van der Waals surface area contributed by atoms with Crippen LogP contribution < -0.4 is 11.1 Å². The number of nitrogens with two attached hydrogens (primary N) is 1. The molecule has 3 N–H and O–H groups in total. The molecule has 1 atom stereocenters. The number of hydrogen-bond acceptors (Lipinski definition) is 3. The minimum atomic E-state index is 0.287. The number of benzene rings is 1. The first-order valence-corrected chi connectivity index (χ1v) is 6.70. The van der Waals surface area contributed by atoms with E-state index in [-0.39, 0.29) is 6.04 Å². The summed E-state index contributed by atoms with van der Waals surface area (Å²) in [4.78, 5) is 0. The Morgan fingerprint density at radius 1 is 1.44 bits per heavy atom. The van der Waals surface area contributed by atoms with E-state index in [0.717, 1.165) is 33.6 Å².